The van der Waals surface area contributed by atoms with E-state index in [2.05, 4.69) is 0 Å². The first-order valence-electron chi connectivity index (χ1n) is 8.20. The summed E-state index contributed by atoms with van der Waals surface area (Å²) in [6.45, 7) is 7.40. The number of carbonyl (C=O) groups is 2. The predicted octanol–water partition coefficient (Wildman–Crippen LogP) is 4.25. The molecule has 0 spiro atoms. The van der Waals surface area contributed by atoms with Crippen LogP contribution >= 0.6 is 22.9 Å². The van der Waals surface area contributed by atoms with E-state index in [9.17, 15) is 9.59 Å². The van der Waals surface area contributed by atoms with Crippen LogP contribution in [0.1, 0.15) is 30.4 Å². The van der Waals surface area contributed by atoms with E-state index in [0.717, 1.165) is 10.1 Å². The number of hydrogen-bond donors (Lipinski definition) is 0. The van der Waals surface area contributed by atoms with E-state index < -0.39 is 5.60 Å². The van der Waals surface area contributed by atoms with Gasteiger partial charge >= 0.3 is 6.09 Å². The Morgan fingerprint density at radius 1 is 1.08 bits per heavy atom. The predicted molar refractivity (Wildman–Crippen MR) is 101 cm³/mol. The molecule has 1 fully saturated rings. The van der Waals surface area contributed by atoms with Gasteiger partial charge in [0.25, 0.3) is 5.91 Å². The minimum absolute atomic E-state index is 0.0740. The Labute approximate surface area is 156 Å². The zero-order valence-electron chi connectivity index (χ0n) is 14.5. The van der Waals surface area contributed by atoms with Crippen LogP contribution in [0.25, 0.3) is 10.1 Å². The van der Waals surface area contributed by atoms with Crippen molar-refractivity contribution in [2.24, 2.45) is 0 Å². The van der Waals surface area contributed by atoms with Crippen molar-refractivity contribution in [1.29, 1.82) is 0 Å². The molecule has 1 aromatic carbocycles. The largest absolute Gasteiger partial charge is 0.444 e. The van der Waals surface area contributed by atoms with Crippen molar-refractivity contribution >= 4 is 45.0 Å². The van der Waals surface area contributed by atoms with Gasteiger partial charge in [0.15, 0.2) is 0 Å². The molecule has 1 aliphatic heterocycles. The number of thiophene rings is 1. The Bertz CT molecular complexity index is 804. The molecule has 1 aliphatic rings. The van der Waals surface area contributed by atoms with E-state index in [1.54, 1.807) is 9.80 Å². The second-order valence-electron chi connectivity index (χ2n) is 7.00. The molecule has 0 atom stereocenters. The zero-order chi connectivity index (χ0) is 18.2. The van der Waals surface area contributed by atoms with Gasteiger partial charge in [0.2, 0.25) is 0 Å². The van der Waals surface area contributed by atoms with Gasteiger partial charge in [0.1, 0.15) is 10.5 Å². The van der Waals surface area contributed by atoms with Crippen LogP contribution in [-0.2, 0) is 4.74 Å². The van der Waals surface area contributed by atoms with Gasteiger partial charge in [-0.05, 0) is 26.8 Å². The monoisotopic (exact) mass is 380 g/mol. The maximum Gasteiger partial charge on any atom is 0.410 e. The molecule has 2 heterocycles. The lowest BCUT2D eigenvalue weighted by Crippen LogP contribution is -2.51. The summed E-state index contributed by atoms with van der Waals surface area (Å²) in [6.07, 6.45) is -0.334. The van der Waals surface area contributed by atoms with Crippen LogP contribution in [0.4, 0.5) is 4.79 Å². The smallest absolute Gasteiger partial charge is 0.410 e. The molecule has 5 nitrogen and oxygen atoms in total. The first kappa shape index (κ1) is 18.0. The van der Waals surface area contributed by atoms with Gasteiger partial charge in [-0.1, -0.05) is 29.8 Å². The maximum absolute atomic E-state index is 12.8. The van der Waals surface area contributed by atoms with Crippen molar-refractivity contribution in [3.8, 4) is 0 Å². The highest BCUT2D eigenvalue weighted by Crippen LogP contribution is 2.36. The van der Waals surface area contributed by atoms with Crippen LogP contribution < -0.4 is 0 Å². The third-order valence-electron chi connectivity index (χ3n) is 3.95. The summed E-state index contributed by atoms with van der Waals surface area (Å²) in [7, 11) is 0. The Morgan fingerprint density at radius 2 is 1.68 bits per heavy atom. The third kappa shape index (κ3) is 3.90. The number of amides is 2. The first-order chi connectivity index (χ1) is 11.8. The van der Waals surface area contributed by atoms with E-state index in [1.807, 2.05) is 45.0 Å². The van der Waals surface area contributed by atoms with Crippen LogP contribution in [0.5, 0.6) is 0 Å². The molecule has 0 unspecified atom stereocenters. The van der Waals surface area contributed by atoms with E-state index in [1.165, 1.54) is 11.3 Å². The summed E-state index contributed by atoms with van der Waals surface area (Å²) >= 11 is 7.81. The van der Waals surface area contributed by atoms with Crippen LogP contribution in [0.2, 0.25) is 5.02 Å². The number of halogens is 1. The molecule has 25 heavy (non-hydrogen) atoms. The summed E-state index contributed by atoms with van der Waals surface area (Å²) in [6, 6.07) is 7.73. The molecule has 2 amide bonds. The lowest BCUT2D eigenvalue weighted by molar-refractivity contribution is 0.0141. The molecule has 0 saturated carbocycles. The number of hydrogen-bond acceptors (Lipinski definition) is 4. The second kappa shape index (κ2) is 6.84. The molecule has 0 radical (unpaired) electrons. The second-order valence-corrected chi connectivity index (χ2v) is 8.43. The lowest BCUT2D eigenvalue weighted by Gasteiger charge is -2.35. The zero-order valence-corrected chi connectivity index (χ0v) is 16.1. The molecule has 0 bridgehead atoms. The summed E-state index contributed by atoms with van der Waals surface area (Å²) < 4.78 is 6.38. The Balaban J connectivity index is 1.67. The van der Waals surface area contributed by atoms with Crippen molar-refractivity contribution in [3.63, 3.8) is 0 Å². The van der Waals surface area contributed by atoms with Crippen molar-refractivity contribution < 1.29 is 14.3 Å². The van der Waals surface area contributed by atoms with Gasteiger partial charge in [-0.3, -0.25) is 4.79 Å². The standard InChI is InChI=1S/C18H21ClN2O3S/c1-18(2,3)24-17(23)21-10-8-20(9-11-21)16(22)15-14(19)12-6-4-5-7-13(12)25-15/h4-7H,8-11H2,1-3H3. The molecule has 134 valence electrons. The van der Waals surface area contributed by atoms with E-state index >= 15 is 0 Å². The van der Waals surface area contributed by atoms with Crippen molar-refractivity contribution in [1.82, 2.24) is 9.80 Å². The lowest BCUT2D eigenvalue weighted by atomic mass is 10.2. The number of carbonyl (C=O) groups excluding carboxylic acids is 2. The Kier molecular flexibility index (Phi) is 4.93. The molecule has 0 aliphatic carbocycles. The van der Waals surface area contributed by atoms with Crippen molar-refractivity contribution in [3.05, 3.63) is 34.2 Å². The molecule has 7 heteroatoms. The number of rotatable bonds is 1. The number of fused-ring (bicyclic) bond motifs is 1. The van der Waals surface area contributed by atoms with Gasteiger partial charge in [-0.15, -0.1) is 11.3 Å². The first-order valence-corrected chi connectivity index (χ1v) is 9.40. The van der Waals surface area contributed by atoms with E-state index in [0.29, 0.717) is 36.1 Å². The highest BCUT2D eigenvalue weighted by Gasteiger charge is 2.29. The fourth-order valence-corrected chi connectivity index (χ4v) is 4.19. The summed E-state index contributed by atoms with van der Waals surface area (Å²) in [5, 5.41) is 1.42. The average Bonchev–Trinajstić information content (AvgIpc) is 2.90. The highest BCUT2D eigenvalue weighted by molar-refractivity contribution is 7.21. The summed E-state index contributed by atoms with van der Waals surface area (Å²) in [5.74, 6) is -0.0740. The quantitative estimate of drug-likeness (QED) is 0.743. The molecule has 3 rings (SSSR count). The highest BCUT2D eigenvalue weighted by atomic mass is 35.5. The summed E-state index contributed by atoms with van der Waals surface area (Å²) in [5.41, 5.74) is -0.519. The van der Waals surface area contributed by atoms with E-state index in [-0.39, 0.29) is 12.0 Å². The van der Waals surface area contributed by atoms with Crippen molar-refractivity contribution in [2.45, 2.75) is 26.4 Å². The molecule has 1 saturated heterocycles. The maximum atomic E-state index is 12.8. The SMILES string of the molecule is CC(C)(C)OC(=O)N1CCN(C(=O)c2sc3ccccc3c2Cl)CC1. The Hall–Kier alpha value is -1.79. The Morgan fingerprint density at radius 3 is 2.28 bits per heavy atom. The van der Waals surface area contributed by atoms with Crippen LogP contribution in [0.3, 0.4) is 0 Å². The fraction of sp³-hybridized carbons (Fsp3) is 0.444. The molecular formula is C18H21ClN2O3S. The number of ether oxygens (including phenoxy) is 1. The molecule has 1 aromatic heterocycles. The summed E-state index contributed by atoms with van der Waals surface area (Å²) in [4.78, 5) is 28.9. The van der Waals surface area contributed by atoms with Gasteiger partial charge in [-0.2, -0.15) is 0 Å². The number of nitrogens with zero attached hydrogens (tertiary/aromatic N) is 2. The topological polar surface area (TPSA) is 49.9 Å². The minimum Gasteiger partial charge on any atom is -0.444 e. The van der Waals surface area contributed by atoms with Gasteiger partial charge in [0.05, 0.1) is 5.02 Å². The normalized spacial score (nSPS) is 15.5. The van der Waals surface area contributed by atoms with Gasteiger partial charge in [-0.25, -0.2) is 4.79 Å². The minimum atomic E-state index is -0.519. The molecular weight excluding hydrogens is 360 g/mol. The van der Waals surface area contributed by atoms with E-state index in [4.69, 9.17) is 16.3 Å². The number of piperazine rings is 1. The van der Waals surface area contributed by atoms with Crippen LogP contribution in [-0.4, -0.2) is 53.6 Å². The van der Waals surface area contributed by atoms with Crippen molar-refractivity contribution in [2.75, 3.05) is 26.2 Å². The number of benzene rings is 1. The van der Waals surface area contributed by atoms with Crippen LogP contribution in [0, 0.1) is 0 Å². The molecule has 2 aromatic rings. The fourth-order valence-electron chi connectivity index (χ4n) is 2.71. The van der Waals surface area contributed by atoms with Gasteiger partial charge < -0.3 is 14.5 Å². The van der Waals surface area contributed by atoms with Gasteiger partial charge in [0, 0.05) is 36.3 Å². The third-order valence-corrected chi connectivity index (χ3v) is 5.61. The molecule has 0 N–H and O–H groups in total. The van der Waals surface area contributed by atoms with Crippen LogP contribution in [0.15, 0.2) is 24.3 Å². The average molecular weight is 381 g/mol.